The fourth-order valence-electron chi connectivity index (χ4n) is 7.32. The minimum absolute atomic E-state index is 0.114. The van der Waals surface area contributed by atoms with Gasteiger partial charge in [-0.1, -0.05) is 208 Å². The van der Waals surface area contributed by atoms with Crippen LogP contribution in [-0.2, 0) is 28.6 Å². The molecule has 0 radical (unpaired) electrons. The van der Waals surface area contributed by atoms with Gasteiger partial charge in [0.05, 0.1) is 0 Å². The van der Waals surface area contributed by atoms with Crippen LogP contribution in [0.1, 0.15) is 252 Å². The molecular weight excluding hydrogens is 829 g/mol. The standard InChI is InChI=1S/C61H102O6/c1-4-7-10-13-16-19-22-25-28-30-33-36-39-42-45-48-51-54-60(63)66-57-58(56-65-59(62)53-50-47-44-41-38-35-32-27-24-21-18-15-12-9-6-3)67-61(64)55-52-49-46-43-40-37-34-31-29-26-23-20-17-14-11-8-5-2/h17-18,20-21,25-29,32,34,37-38,41,43,46,58H,4-16,19,22-24,30-31,33,35-36,39-40,42,44-45,47-57H2,1-3H3/b20-17-,21-18-,28-25-,29-26-,32-27-,37-34-,41-38-,46-43-/t58-/m1/s1. The topological polar surface area (TPSA) is 78.9 Å². The highest BCUT2D eigenvalue weighted by molar-refractivity contribution is 5.71. The molecule has 382 valence electrons. The van der Waals surface area contributed by atoms with Gasteiger partial charge in [-0.25, -0.2) is 0 Å². The maximum absolute atomic E-state index is 12.8. The van der Waals surface area contributed by atoms with Crippen molar-refractivity contribution in [2.24, 2.45) is 0 Å². The van der Waals surface area contributed by atoms with Gasteiger partial charge in [0.2, 0.25) is 0 Å². The maximum atomic E-state index is 12.8. The fourth-order valence-corrected chi connectivity index (χ4v) is 7.32. The Morgan fingerprint density at radius 2 is 0.552 bits per heavy atom. The molecule has 6 heteroatoms. The lowest BCUT2D eigenvalue weighted by molar-refractivity contribution is -0.167. The first-order valence-corrected chi connectivity index (χ1v) is 27.7. The zero-order valence-electron chi connectivity index (χ0n) is 43.6. The van der Waals surface area contributed by atoms with Crippen molar-refractivity contribution in [3.8, 4) is 0 Å². The Bertz CT molecular complexity index is 1350. The Balaban J connectivity index is 4.54. The summed E-state index contributed by atoms with van der Waals surface area (Å²) in [6, 6.07) is 0. The summed E-state index contributed by atoms with van der Waals surface area (Å²) in [6.07, 6.45) is 72.5. The number of carbonyl (C=O) groups excluding carboxylic acids is 3. The second kappa shape index (κ2) is 54.9. The first kappa shape index (κ1) is 63.3. The van der Waals surface area contributed by atoms with E-state index in [1.54, 1.807) is 0 Å². The van der Waals surface area contributed by atoms with Gasteiger partial charge in [0.25, 0.3) is 0 Å². The Kier molecular flexibility index (Phi) is 51.9. The zero-order chi connectivity index (χ0) is 48.6. The normalized spacial score (nSPS) is 12.8. The third-order valence-electron chi connectivity index (χ3n) is 11.5. The molecule has 0 aliphatic rings. The summed E-state index contributed by atoms with van der Waals surface area (Å²) in [5, 5.41) is 0. The molecular formula is C61H102O6. The summed E-state index contributed by atoms with van der Waals surface area (Å²) >= 11 is 0. The zero-order valence-corrected chi connectivity index (χ0v) is 43.6. The molecule has 0 aliphatic heterocycles. The number of carbonyl (C=O) groups is 3. The number of hydrogen-bond donors (Lipinski definition) is 0. The van der Waals surface area contributed by atoms with Crippen molar-refractivity contribution in [1.82, 2.24) is 0 Å². The number of hydrogen-bond acceptors (Lipinski definition) is 6. The molecule has 0 saturated heterocycles. The van der Waals surface area contributed by atoms with Gasteiger partial charge in [-0.2, -0.15) is 0 Å². The summed E-state index contributed by atoms with van der Waals surface area (Å²) in [7, 11) is 0. The van der Waals surface area contributed by atoms with Gasteiger partial charge in [0.15, 0.2) is 6.10 Å². The van der Waals surface area contributed by atoms with Gasteiger partial charge in [-0.05, 0) is 122 Å². The van der Waals surface area contributed by atoms with E-state index in [2.05, 4.69) is 118 Å². The van der Waals surface area contributed by atoms with Crippen LogP contribution >= 0.6 is 0 Å². The van der Waals surface area contributed by atoms with E-state index in [4.69, 9.17) is 14.2 Å². The van der Waals surface area contributed by atoms with Crippen molar-refractivity contribution >= 4 is 17.9 Å². The average Bonchev–Trinajstić information content (AvgIpc) is 3.33. The molecule has 0 aromatic rings. The third kappa shape index (κ3) is 53.2. The number of rotatable bonds is 49. The van der Waals surface area contributed by atoms with Gasteiger partial charge < -0.3 is 14.2 Å². The molecule has 0 rings (SSSR count). The van der Waals surface area contributed by atoms with E-state index in [0.717, 1.165) is 77.0 Å². The second-order valence-corrected chi connectivity index (χ2v) is 18.1. The summed E-state index contributed by atoms with van der Waals surface area (Å²) in [4.78, 5) is 38.1. The predicted octanol–water partition coefficient (Wildman–Crippen LogP) is 18.5. The molecule has 67 heavy (non-hydrogen) atoms. The van der Waals surface area contributed by atoms with Crippen LogP contribution in [0.3, 0.4) is 0 Å². The molecule has 1 atom stereocenters. The summed E-state index contributed by atoms with van der Waals surface area (Å²) in [6.45, 7) is 6.49. The van der Waals surface area contributed by atoms with Crippen LogP contribution in [0.2, 0.25) is 0 Å². The fraction of sp³-hybridized carbons (Fsp3) is 0.689. The monoisotopic (exact) mass is 931 g/mol. The van der Waals surface area contributed by atoms with Crippen molar-refractivity contribution in [3.63, 3.8) is 0 Å². The van der Waals surface area contributed by atoms with Crippen LogP contribution in [0.4, 0.5) is 0 Å². The van der Waals surface area contributed by atoms with Crippen LogP contribution in [-0.4, -0.2) is 37.2 Å². The van der Waals surface area contributed by atoms with E-state index >= 15 is 0 Å². The molecule has 0 aromatic heterocycles. The van der Waals surface area contributed by atoms with E-state index in [1.807, 2.05) is 0 Å². The molecule has 0 unspecified atom stereocenters. The van der Waals surface area contributed by atoms with Gasteiger partial charge in [0, 0.05) is 19.3 Å². The highest BCUT2D eigenvalue weighted by Gasteiger charge is 2.19. The smallest absolute Gasteiger partial charge is 0.306 e. The van der Waals surface area contributed by atoms with E-state index in [0.29, 0.717) is 19.3 Å². The van der Waals surface area contributed by atoms with Crippen molar-refractivity contribution < 1.29 is 28.6 Å². The van der Waals surface area contributed by atoms with E-state index in [-0.39, 0.29) is 37.5 Å². The molecule has 0 aliphatic carbocycles. The lowest BCUT2D eigenvalue weighted by Crippen LogP contribution is -2.30. The maximum Gasteiger partial charge on any atom is 0.306 e. The number of unbranched alkanes of at least 4 members (excludes halogenated alkanes) is 22. The highest BCUT2D eigenvalue weighted by atomic mass is 16.6. The van der Waals surface area contributed by atoms with Crippen LogP contribution in [0.5, 0.6) is 0 Å². The molecule has 6 nitrogen and oxygen atoms in total. The molecule has 0 fully saturated rings. The highest BCUT2D eigenvalue weighted by Crippen LogP contribution is 2.13. The molecule has 0 bridgehead atoms. The van der Waals surface area contributed by atoms with Gasteiger partial charge in [-0.15, -0.1) is 0 Å². The first-order chi connectivity index (χ1) is 33.0. The van der Waals surface area contributed by atoms with E-state index in [9.17, 15) is 14.4 Å². The van der Waals surface area contributed by atoms with Gasteiger partial charge >= 0.3 is 17.9 Å². The van der Waals surface area contributed by atoms with Crippen molar-refractivity contribution in [2.45, 2.75) is 258 Å². The van der Waals surface area contributed by atoms with Crippen molar-refractivity contribution in [1.29, 1.82) is 0 Å². The number of esters is 3. The Morgan fingerprint density at radius 3 is 0.955 bits per heavy atom. The van der Waals surface area contributed by atoms with E-state index in [1.165, 1.54) is 128 Å². The van der Waals surface area contributed by atoms with Crippen molar-refractivity contribution in [3.05, 3.63) is 97.2 Å². The Morgan fingerprint density at radius 1 is 0.299 bits per heavy atom. The van der Waals surface area contributed by atoms with E-state index < -0.39 is 6.10 Å². The van der Waals surface area contributed by atoms with Crippen LogP contribution in [0, 0.1) is 0 Å². The molecule has 0 spiro atoms. The molecule has 0 saturated carbocycles. The first-order valence-electron chi connectivity index (χ1n) is 27.7. The minimum Gasteiger partial charge on any atom is -0.462 e. The summed E-state index contributed by atoms with van der Waals surface area (Å²) in [5.41, 5.74) is 0. The summed E-state index contributed by atoms with van der Waals surface area (Å²) in [5.74, 6) is -1.01. The minimum atomic E-state index is -0.824. The number of ether oxygens (including phenoxy) is 3. The molecule has 0 aromatic carbocycles. The quantitative estimate of drug-likeness (QED) is 0.0262. The Labute approximate surface area is 413 Å². The largest absolute Gasteiger partial charge is 0.462 e. The molecule has 0 amide bonds. The molecule has 0 N–H and O–H groups in total. The Hall–Kier alpha value is -3.67. The number of allylic oxidation sites excluding steroid dienone is 16. The van der Waals surface area contributed by atoms with Crippen molar-refractivity contribution in [2.75, 3.05) is 13.2 Å². The third-order valence-corrected chi connectivity index (χ3v) is 11.5. The van der Waals surface area contributed by atoms with Crippen LogP contribution in [0.15, 0.2) is 97.2 Å². The second-order valence-electron chi connectivity index (χ2n) is 18.1. The van der Waals surface area contributed by atoms with Gasteiger partial charge in [0.1, 0.15) is 13.2 Å². The lowest BCUT2D eigenvalue weighted by Gasteiger charge is -2.18. The predicted molar refractivity (Wildman–Crippen MR) is 288 cm³/mol. The lowest BCUT2D eigenvalue weighted by atomic mass is 10.1. The summed E-state index contributed by atoms with van der Waals surface area (Å²) < 4.78 is 16.8. The SMILES string of the molecule is CCCCC/C=C\C/C=C\C/C=C\C/C=C\CCCC(=O)O[C@H](COC(=O)CCCC/C=C\C/C=C\C/C=C\CCCCC)COC(=O)CCCCCCCCC/C=C\CCCCCCCC. The van der Waals surface area contributed by atoms with Crippen LogP contribution < -0.4 is 0 Å². The average molecular weight is 931 g/mol. The molecule has 0 heterocycles. The van der Waals surface area contributed by atoms with Crippen LogP contribution in [0.25, 0.3) is 0 Å². The van der Waals surface area contributed by atoms with Gasteiger partial charge in [-0.3, -0.25) is 14.4 Å².